The fraction of sp³-hybridized carbons (Fsp3) is 0.500. The van der Waals surface area contributed by atoms with E-state index in [1.54, 1.807) is 0 Å². The van der Waals surface area contributed by atoms with E-state index < -0.39 is 0 Å². The molecule has 0 N–H and O–H groups in total. The number of morpholine rings is 1. The molecule has 1 fully saturated rings. The fourth-order valence-electron chi connectivity index (χ4n) is 2.33. The molecule has 1 atom stereocenters. The zero-order valence-corrected chi connectivity index (χ0v) is 14.8. The van der Waals surface area contributed by atoms with Crippen molar-refractivity contribution in [3.8, 4) is 0 Å². The van der Waals surface area contributed by atoms with Crippen molar-refractivity contribution < 1.29 is 9.53 Å². The summed E-state index contributed by atoms with van der Waals surface area (Å²) in [6.07, 6.45) is 0.0514. The van der Waals surface area contributed by atoms with Crippen LogP contribution in [-0.4, -0.2) is 40.9 Å². The van der Waals surface area contributed by atoms with E-state index in [1.807, 2.05) is 43.0 Å². The smallest absolute Gasteiger partial charge is 0.254 e. The number of ether oxygens (including phenoxy) is 1. The Kier molecular flexibility index (Phi) is 4.89. The number of hydrogen-bond donors (Lipinski definition) is 0. The van der Waals surface area contributed by atoms with Crippen molar-refractivity contribution in [2.75, 3.05) is 18.4 Å². The van der Waals surface area contributed by atoms with Gasteiger partial charge in [0.25, 0.3) is 5.91 Å². The summed E-state index contributed by atoms with van der Waals surface area (Å²) in [5.41, 5.74) is 0.451. The molecule has 0 bridgehead atoms. The van der Waals surface area contributed by atoms with Crippen molar-refractivity contribution >= 4 is 44.4 Å². The number of halogens is 2. The van der Waals surface area contributed by atoms with Crippen LogP contribution in [-0.2, 0) is 4.74 Å². The molecule has 3 nitrogen and oxygen atoms in total. The number of amides is 1. The van der Waals surface area contributed by atoms with Crippen LogP contribution < -0.4 is 0 Å². The number of benzene rings is 1. The lowest BCUT2D eigenvalue weighted by molar-refractivity contribution is -0.116. The Hall–Kier alpha value is -0.140. The van der Waals surface area contributed by atoms with Gasteiger partial charge in [-0.25, -0.2) is 0 Å². The Balaban J connectivity index is 2.18. The minimum atomic E-state index is -0.297. The van der Waals surface area contributed by atoms with E-state index >= 15 is 0 Å². The molecule has 19 heavy (non-hydrogen) atoms. The molecule has 1 aliphatic rings. The van der Waals surface area contributed by atoms with E-state index in [0.29, 0.717) is 13.1 Å². The summed E-state index contributed by atoms with van der Waals surface area (Å²) in [4.78, 5) is 14.4. The van der Waals surface area contributed by atoms with Crippen LogP contribution in [0, 0.1) is 3.57 Å². The Bertz CT molecular complexity index is 478. The zero-order valence-electron chi connectivity index (χ0n) is 11.0. The van der Waals surface area contributed by atoms with Gasteiger partial charge in [-0.15, -0.1) is 0 Å². The Morgan fingerprint density at radius 3 is 2.95 bits per heavy atom. The summed E-state index contributed by atoms with van der Waals surface area (Å²) >= 11 is 5.67. The zero-order chi connectivity index (χ0) is 14.0. The molecular formula is C14H17BrINO2. The third kappa shape index (κ3) is 3.92. The highest BCUT2D eigenvalue weighted by Gasteiger charge is 2.35. The van der Waals surface area contributed by atoms with E-state index in [1.165, 1.54) is 0 Å². The molecule has 104 valence electrons. The number of rotatable bonds is 2. The van der Waals surface area contributed by atoms with Gasteiger partial charge in [-0.05, 0) is 54.6 Å². The van der Waals surface area contributed by atoms with E-state index in [0.717, 1.165) is 14.5 Å². The molecular weight excluding hydrogens is 421 g/mol. The summed E-state index contributed by atoms with van der Waals surface area (Å²) in [5, 5.41) is 0.743. The van der Waals surface area contributed by atoms with Crippen molar-refractivity contribution in [2.45, 2.75) is 25.6 Å². The van der Waals surface area contributed by atoms with Crippen molar-refractivity contribution in [1.82, 2.24) is 4.90 Å². The molecule has 0 aromatic heterocycles. The third-order valence-electron chi connectivity index (χ3n) is 3.01. The standard InChI is InChI=1S/C14H17BrINO2/c1-14(2)9-17(8-12(7-15)19-14)13(18)10-4-3-5-11(16)6-10/h3-6,12H,7-9H2,1-2H3. The second-order valence-electron chi connectivity index (χ2n) is 5.35. The Morgan fingerprint density at radius 2 is 2.32 bits per heavy atom. The van der Waals surface area contributed by atoms with Crippen LogP contribution in [0.4, 0.5) is 0 Å². The first kappa shape index (κ1) is 15.3. The molecule has 0 radical (unpaired) electrons. The van der Waals surface area contributed by atoms with Gasteiger partial charge in [-0.3, -0.25) is 4.79 Å². The molecule has 0 aliphatic carbocycles. The molecule has 0 saturated carbocycles. The summed E-state index contributed by atoms with van der Waals surface area (Å²) in [5.74, 6) is 0.0841. The second kappa shape index (κ2) is 6.10. The quantitative estimate of drug-likeness (QED) is 0.524. The first-order chi connectivity index (χ1) is 8.91. The Labute approximate surface area is 136 Å². The molecule has 1 amide bonds. The van der Waals surface area contributed by atoms with Crippen LogP contribution in [0.2, 0.25) is 0 Å². The molecule has 1 unspecified atom stereocenters. The Morgan fingerprint density at radius 1 is 1.58 bits per heavy atom. The number of carbonyl (C=O) groups is 1. The van der Waals surface area contributed by atoms with Crippen molar-refractivity contribution in [3.05, 3.63) is 33.4 Å². The normalized spacial score (nSPS) is 22.3. The van der Waals surface area contributed by atoms with Crippen LogP contribution in [0.15, 0.2) is 24.3 Å². The van der Waals surface area contributed by atoms with Crippen molar-refractivity contribution in [1.29, 1.82) is 0 Å². The summed E-state index contributed by atoms with van der Waals surface area (Å²) < 4.78 is 7.00. The average Bonchev–Trinajstić information content (AvgIpc) is 2.36. The number of nitrogens with zero attached hydrogens (tertiary/aromatic N) is 1. The van der Waals surface area contributed by atoms with Crippen LogP contribution >= 0.6 is 38.5 Å². The van der Waals surface area contributed by atoms with Crippen LogP contribution in [0.25, 0.3) is 0 Å². The lowest BCUT2D eigenvalue weighted by Crippen LogP contribution is -2.55. The van der Waals surface area contributed by atoms with Gasteiger partial charge in [-0.1, -0.05) is 22.0 Å². The largest absolute Gasteiger partial charge is 0.368 e. The molecule has 1 aromatic carbocycles. The van der Waals surface area contributed by atoms with E-state index in [-0.39, 0.29) is 17.6 Å². The lowest BCUT2D eigenvalue weighted by Gasteiger charge is -2.42. The molecule has 1 saturated heterocycles. The van der Waals surface area contributed by atoms with Gasteiger partial charge in [-0.2, -0.15) is 0 Å². The van der Waals surface area contributed by atoms with Gasteiger partial charge in [0, 0.05) is 27.6 Å². The minimum absolute atomic E-state index is 0.0514. The summed E-state index contributed by atoms with van der Waals surface area (Å²) in [6.45, 7) is 5.31. The van der Waals surface area contributed by atoms with Gasteiger partial charge in [0.1, 0.15) is 0 Å². The van der Waals surface area contributed by atoms with Gasteiger partial charge in [0.15, 0.2) is 0 Å². The number of hydrogen-bond acceptors (Lipinski definition) is 2. The molecule has 1 aliphatic heterocycles. The maximum atomic E-state index is 12.6. The predicted octanol–water partition coefficient (Wildman–Crippen LogP) is 3.31. The average molecular weight is 438 g/mol. The molecule has 5 heteroatoms. The highest BCUT2D eigenvalue weighted by atomic mass is 127. The van der Waals surface area contributed by atoms with Crippen molar-refractivity contribution in [3.63, 3.8) is 0 Å². The topological polar surface area (TPSA) is 29.5 Å². The van der Waals surface area contributed by atoms with E-state index in [4.69, 9.17) is 4.74 Å². The second-order valence-corrected chi connectivity index (χ2v) is 7.24. The van der Waals surface area contributed by atoms with Crippen LogP contribution in [0.1, 0.15) is 24.2 Å². The van der Waals surface area contributed by atoms with E-state index in [2.05, 4.69) is 38.5 Å². The van der Waals surface area contributed by atoms with Gasteiger partial charge in [0.05, 0.1) is 11.7 Å². The molecule has 2 rings (SSSR count). The maximum absolute atomic E-state index is 12.6. The number of alkyl halides is 1. The SMILES string of the molecule is CC1(C)CN(C(=O)c2cccc(I)c2)CC(CBr)O1. The monoisotopic (exact) mass is 437 g/mol. The summed E-state index contributed by atoms with van der Waals surface area (Å²) in [7, 11) is 0. The van der Waals surface area contributed by atoms with Gasteiger partial charge in [0.2, 0.25) is 0 Å². The number of carbonyl (C=O) groups excluding carboxylic acids is 1. The predicted molar refractivity (Wildman–Crippen MR) is 87.8 cm³/mol. The van der Waals surface area contributed by atoms with Crippen LogP contribution in [0.3, 0.4) is 0 Å². The first-order valence-corrected chi connectivity index (χ1v) is 8.40. The lowest BCUT2D eigenvalue weighted by atomic mass is 10.0. The maximum Gasteiger partial charge on any atom is 0.254 e. The summed E-state index contributed by atoms with van der Waals surface area (Å²) in [6, 6.07) is 7.70. The molecule has 1 heterocycles. The highest BCUT2D eigenvalue weighted by molar-refractivity contribution is 14.1. The highest BCUT2D eigenvalue weighted by Crippen LogP contribution is 2.23. The van der Waals surface area contributed by atoms with Gasteiger partial charge >= 0.3 is 0 Å². The van der Waals surface area contributed by atoms with Gasteiger partial charge < -0.3 is 9.64 Å². The molecule has 1 aromatic rings. The van der Waals surface area contributed by atoms with Crippen molar-refractivity contribution in [2.24, 2.45) is 0 Å². The third-order valence-corrected chi connectivity index (χ3v) is 4.41. The first-order valence-electron chi connectivity index (χ1n) is 6.20. The minimum Gasteiger partial charge on any atom is -0.368 e. The fourth-order valence-corrected chi connectivity index (χ4v) is 3.21. The van der Waals surface area contributed by atoms with E-state index in [9.17, 15) is 4.79 Å². The molecule has 0 spiro atoms. The van der Waals surface area contributed by atoms with Crippen LogP contribution in [0.5, 0.6) is 0 Å².